The molecule has 0 unspecified atom stereocenters. The maximum Gasteiger partial charge on any atom is 0.133 e. The zero-order valence-corrected chi connectivity index (χ0v) is 13.1. The highest BCUT2D eigenvalue weighted by atomic mass is 79.9. The van der Waals surface area contributed by atoms with Crippen LogP contribution < -0.4 is 10.2 Å². The fourth-order valence-corrected chi connectivity index (χ4v) is 2.46. The van der Waals surface area contributed by atoms with Crippen LogP contribution in [-0.2, 0) is 13.1 Å². The molecule has 3 nitrogen and oxygen atoms in total. The van der Waals surface area contributed by atoms with Crippen molar-refractivity contribution in [2.24, 2.45) is 0 Å². The average Bonchev–Trinajstić information content (AvgIpc) is 2.42. The van der Waals surface area contributed by atoms with Crippen LogP contribution in [0.4, 0.5) is 10.2 Å². The average molecular weight is 338 g/mol. The molecule has 5 heteroatoms. The molecule has 0 radical (unpaired) electrons. The van der Waals surface area contributed by atoms with Crippen molar-refractivity contribution in [1.29, 1.82) is 0 Å². The molecule has 0 amide bonds. The number of rotatable bonds is 5. The van der Waals surface area contributed by atoms with E-state index in [1.165, 1.54) is 12.1 Å². The lowest BCUT2D eigenvalue weighted by molar-refractivity contribution is 0.627. The van der Waals surface area contributed by atoms with Gasteiger partial charge in [0.1, 0.15) is 11.6 Å². The first-order valence-corrected chi connectivity index (χ1v) is 7.14. The second-order valence-corrected chi connectivity index (χ2v) is 5.56. The quantitative estimate of drug-likeness (QED) is 0.906. The fourth-order valence-electron chi connectivity index (χ4n) is 2.08. The molecule has 1 aromatic carbocycles. The molecule has 0 aliphatic rings. The summed E-state index contributed by atoms with van der Waals surface area (Å²) in [6.07, 6.45) is 1.79. The largest absolute Gasteiger partial charge is 0.355 e. The lowest BCUT2D eigenvalue weighted by Gasteiger charge is -2.21. The van der Waals surface area contributed by atoms with Gasteiger partial charge in [0.25, 0.3) is 0 Å². The van der Waals surface area contributed by atoms with Crippen LogP contribution >= 0.6 is 15.9 Å². The molecule has 0 aliphatic carbocycles. The first-order chi connectivity index (χ1) is 9.60. The predicted octanol–water partition coefficient (Wildman–Crippen LogP) is 3.34. The fraction of sp³-hybridized carbons (Fsp3) is 0.267. The second-order valence-electron chi connectivity index (χ2n) is 4.65. The molecule has 106 valence electrons. The maximum absolute atomic E-state index is 12.9. The maximum atomic E-state index is 12.9. The monoisotopic (exact) mass is 337 g/mol. The van der Waals surface area contributed by atoms with Gasteiger partial charge in [-0.05, 0) is 46.7 Å². The predicted molar refractivity (Wildman–Crippen MR) is 83.2 cm³/mol. The minimum atomic E-state index is -0.214. The number of benzene rings is 1. The van der Waals surface area contributed by atoms with Crippen molar-refractivity contribution in [2.75, 3.05) is 19.0 Å². The lowest BCUT2D eigenvalue weighted by Crippen LogP contribution is -2.21. The van der Waals surface area contributed by atoms with E-state index in [1.54, 1.807) is 18.3 Å². The van der Waals surface area contributed by atoms with Gasteiger partial charge in [0.2, 0.25) is 0 Å². The number of hydrogen-bond donors (Lipinski definition) is 1. The lowest BCUT2D eigenvalue weighted by atomic mass is 10.2. The third kappa shape index (κ3) is 3.77. The molecule has 0 saturated heterocycles. The topological polar surface area (TPSA) is 28.2 Å². The normalized spacial score (nSPS) is 10.6. The van der Waals surface area contributed by atoms with Crippen molar-refractivity contribution in [3.63, 3.8) is 0 Å². The molecule has 1 heterocycles. The summed E-state index contributed by atoms with van der Waals surface area (Å²) in [4.78, 5) is 6.54. The van der Waals surface area contributed by atoms with Crippen LogP contribution in [0.1, 0.15) is 11.1 Å². The summed E-state index contributed by atoms with van der Waals surface area (Å²) >= 11 is 3.44. The smallest absolute Gasteiger partial charge is 0.133 e. The van der Waals surface area contributed by atoms with E-state index in [2.05, 4.69) is 37.2 Å². The number of anilines is 1. The summed E-state index contributed by atoms with van der Waals surface area (Å²) in [6, 6.07) is 8.60. The van der Waals surface area contributed by atoms with E-state index in [4.69, 9.17) is 0 Å². The first-order valence-electron chi connectivity index (χ1n) is 6.34. The van der Waals surface area contributed by atoms with Crippen molar-refractivity contribution in [3.05, 3.63) is 57.9 Å². The summed E-state index contributed by atoms with van der Waals surface area (Å²) in [5.41, 5.74) is 2.17. The van der Waals surface area contributed by atoms with Gasteiger partial charge in [0.05, 0.1) is 0 Å². The Hall–Kier alpha value is -1.46. The van der Waals surface area contributed by atoms with Crippen molar-refractivity contribution in [3.8, 4) is 0 Å². The Morgan fingerprint density at radius 1 is 1.30 bits per heavy atom. The number of halogens is 2. The van der Waals surface area contributed by atoms with Crippen molar-refractivity contribution < 1.29 is 4.39 Å². The Labute approximate surface area is 127 Å². The molecule has 1 aromatic heterocycles. The van der Waals surface area contributed by atoms with Crippen LogP contribution in [-0.4, -0.2) is 19.1 Å². The molecule has 0 spiro atoms. The number of aromatic nitrogens is 1. The van der Waals surface area contributed by atoms with Gasteiger partial charge < -0.3 is 10.2 Å². The van der Waals surface area contributed by atoms with Crippen molar-refractivity contribution in [2.45, 2.75) is 13.1 Å². The van der Waals surface area contributed by atoms with Gasteiger partial charge in [0.15, 0.2) is 0 Å². The van der Waals surface area contributed by atoms with E-state index >= 15 is 0 Å². The summed E-state index contributed by atoms with van der Waals surface area (Å²) in [5.74, 6) is 0.709. The zero-order valence-electron chi connectivity index (χ0n) is 11.5. The van der Waals surface area contributed by atoms with Crippen molar-refractivity contribution in [1.82, 2.24) is 10.3 Å². The summed E-state index contributed by atoms with van der Waals surface area (Å²) < 4.78 is 13.9. The van der Waals surface area contributed by atoms with Gasteiger partial charge >= 0.3 is 0 Å². The minimum absolute atomic E-state index is 0.214. The van der Waals surface area contributed by atoms with Crippen LogP contribution in [0.15, 0.2) is 41.0 Å². The van der Waals surface area contributed by atoms with E-state index in [1.807, 2.05) is 14.1 Å². The van der Waals surface area contributed by atoms with E-state index in [9.17, 15) is 4.39 Å². The van der Waals surface area contributed by atoms with E-state index < -0.39 is 0 Å². The standard InChI is InChI=1S/C15H17BrFN3/c1-18-8-12-7-13(16)9-19-15(12)20(2)10-11-3-5-14(17)6-4-11/h3-7,9,18H,8,10H2,1-2H3. The molecule has 0 aliphatic heterocycles. The third-order valence-corrected chi connectivity index (χ3v) is 3.40. The molecular weight excluding hydrogens is 321 g/mol. The Morgan fingerprint density at radius 3 is 2.65 bits per heavy atom. The second kappa shape index (κ2) is 6.81. The highest BCUT2D eigenvalue weighted by molar-refractivity contribution is 9.10. The van der Waals surface area contributed by atoms with Crippen molar-refractivity contribution >= 4 is 21.7 Å². The zero-order chi connectivity index (χ0) is 14.5. The van der Waals surface area contributed by atoms with Gasteiger partial charge in [0, 0.05) is 36.4 Å². The molecule has 20 heavy (non-hydrogen) atoms. The SMILES string of the molecule is CNCc1cc(Br)cnc1N(C)Cc1ccc(F)cc1. The van der Waals surface area contributed by atoms with E-state index in [0.717, 1.165) is 28.0 Å². The molecule has 0 atom stereocenters. The van der Waals surface area contributed by atoms with Gasteiger partial charge in [-0.3, -0.25) is 0 Å². The molecule has 2 aromatic rings. The Balaban J connectivity index is 2.19. The first kappa shape index (κ1) is 14.9. The van der Waals surface area contributed by atoms with Gasteiger partial charge in [-0.25, -0.2) is 9.37 Å². The van der Waals surface area contributed by atoms with Crippen LogP contribution in [0.5, 0.6) is 0 Å². The third-order valence-electron chi connectivity index (χ3n) is 2.97. The number of nitrogens with zero attached hydrogens (tertiary/aromatic N) is 2. The summed E-state index contributed by atoms with van der Waals surface area (Å²) in [7, 11) is 3.89. The summed E-state index contributed by atoms with van der Waals surface area (Å²) in [6.45, 7) is 1.43. The highest BCUT2D eigenvalue weighted by Gasteiger charge is 2.10. The summed E-state index contributed by atoms with van der Waals surface area (Å²) in [5, 5.41) is 3.14. The number of hydrogen-bond acceptors (Lipinski definition) is 3. The molecule has 2 rings (SSSR count). The molecular formula is C15H17BrFN3. The van der Waals surface area contributed by atoms with Crippen LogP contribution in [0.25, 0.3) is 0 Å². The number of pyridine rings is 1. The molecule has 0 fully saturated rings. The van der Waals surface area contributed by atoms with Gasteiger partial charge in [-0.15, -0.1) is 0 Å². The van der Waals surface area contributed by atoms with E-state index in [0.29, 0.717) is 6.54 Å². The Morgan fingerprint density at radius 2 is 2.00 bits per heavy atom. The molecule has 0 bridgehead atoms. The van der Waals surface area contributed by atoms with E-state index in [-0.39, 0.29) is 5.82 Å². The van der Waals surface area contributed by atoms with Gasteiger partial charge in [-0.2, -0.15) is 0 Å². The van der Waals surface area contributed by atoms with Crippen LogP contribution in [0.3, 0.4) is 0 Å². The Kier molecular flexibility index (Phi) is 5.09. The van der Waals surface area contributed by atoms with Crippen LogP contribution in [0.2, 0.25) is 0 Å². The Bertz CT molecular complexity index is 572. The van der Waals surface area contributed by atoms with Gasteiger partial charge in [-0.1, -0.05) is 12.1 Å². The molecule has 1 N–H and O–H groups in total. The van der Waals surface area contributed by atoms with Crippen LogP contribution in [0, 0.1) is 5.82 Å². The minimum Gasteiger partial charge on any atom is -0.355 e. The highest BCUT2D eigenvalue weighted by Crippen LogP contribution is 2.22. The molecule has 0 saturated carbocycles. The number of nitrogens with one attached hydrogen (secondary N) is 1.